The van der Waals surface area contributed by atoms with E-state index in [1.54, 1.807) is 0 Å². The van der Waals surface area contributed by atoms with E-state index in [2.05, 4.69) is 29.4 Å². The molecule has 1 aliphatic carbocycles. The number of amides is 1. The fourth-order valence-corrected chi connectivity index (χ4v) is 3.98. The van der Waals surface area contributed by atoms with Crippen molar-refractivity contribution in [2.24, 2.45) is 5.73 Å². The van der Waals surface area contributed by atoms with Crippen molar-refractivity contribution in [2.45, 2.75) is 82.3 Å². The van der Waals surface area contributed by atoms with Crippen LogP contribution in [0.25, 0.3) is 0 Å². The standard InChI is InChI=1S/C25H36FN3O3.C8H6/c1-3-7-22(18-30)29-24(31)8-5-4-6-13-32-23-16-19(14-20(26)17-23)15-21(27)9-12-28-25(2)10-11-25;1-2-8-6-4-3-5-7-8/h1,14,16-18,21-22,28H,4-13,15,27H2,2H3,(H,29,31);1,3-7H/t21-,22?;/m1./s1. The lowest BCUT2D eigenvalue weighted by molar-refractivity contribution is -0.124. The Kier molecular flexibility index (Phi) is 14.5. The number of nitrogens with two attached hydrogens (primary N) is 1. The van der Waals surface area contributed by atoms with E-state index in [9.17, 15) is 14.0 Å². The van der Waals surface area contributed by atoms with E-state index in [4.69, 9.17) is 23.3 Å². The lowest BCUT2D eigenvalue weighted by atomic mass is 10.0. The second-order valence-corrected chi connectivity index (χ2v) is 10.4. The van der Waals surface area contributed by atoms with Crippen molar-refractivity contribution in [3.8, 4) is 30.4 Å². The topological polar surface area (TPSA) is 93.5 Å². The number of ether oxygens (including phenoxy) is 1. The van der Waals surface area contributed by atoms with Gasteiger partial charge in [0, 0.05) is 36.1 Å². The second kappa shape index (κ2) is 17.8. The van der Waals surface area contributed by atoms with Gasteiger partial charge in [0.2, 0.25) is 5.91 Å². The molecule has 6 nitrogen and oxygen atoms in total. The molecule has 1 fully saturated rings. The average Bonchev–Trinajstić information content (AvgIpc) is 3.67. The largest absolute Gasteiger partial charge is 0.493 e. The molecule has 2 aromatic rings. The Labute approximate surface area is 238 Å². The van der Waals surface area contributed by atoms with Crippen LogP contribution in [0.1, 0.15) is 69.4 Å². The van der Waals surface area contributed by atoms with E-state index in [-0.39, 0.29) is 24.2 Å². The van der Waals surface area contributed by atoms with E-state index >= 15 is 0 Å². The molecule has 2 atom stereocenters. The molecule has 0 aliphatic heterocycles. The van der Waals surface area contributed by atoms with Crippen molar-refractivity contribution in [1.82, 2.24) is 10.6 Å². The molecule has 4 N–H and O–H groups in total. The van der Waals surface area contributed by atoms with Crippen molar-refractivity contribution < 1.29 is 18.7 Å². The Hall–Kier alpha value is -3.65. The smallest absolute Gasteiger partial charge is 0.220 e. The van der Waals surface area contributed by atoms with Crippen LogP contribution < -0.4 is 21.1 Å². The Bertz CT molecular complexity index is 1140. The zero-order valence-corrected chi connectivity index (χ0v) is 23.5. The minimum absolute atomic E-state index is 0.0370. The monoisotopic (exact) mass is 547 g/mol. The summed E-state index contributed by atoms with van der Waals surface area (Å²) in [5, 5.41) is 6.11. The first-order valence-corrected chi connectivity index (χ1v) is 13.9. The number of carbonyl (C=O) groups is 2. The van der Waals surface area contributed by atoms with Gasteiger partial charge in [-0.15, -0.1) is 18.8 Å². The number of terminal acetylenes is 2. The molecule has 0 aromatic heterocycles. The summed E-state index contributed by atoms with van der Waals surface area (Å²) >= 11 is 0. The lowest BCUT2D eigenvalue weighted by Crippen LogP contribution is -2.35. The van der Waals surface area contributed by atoms with Crippen molar-refractivity contribution in [1.29, 1.82) is 0 Å². The lowest BCUT2D eigenvalue weighted by Gasteiger charge is -2.16. The molecule has 7 heteroatoms. The average molecular weight is 548 g/mol. The fraction of sp³-hybridized carbons (Fsp3) is 0.455. The third-order valence-electron chi connectivity index (χ3n) is 6.60. The van der Waals surface area contributed by atoms with Gasteiger partial charge in [0.1, 0.15) is 17.9 Å². The van der Waals surface area contributed by atoms with Gasteiger partial charge in [-0.2, -0.15) is 0 Å². The number of carbonyl (C=O) groups excluding carboxylic acids is 2. The molecule has 1 unspecified atom stereocenters. The van der Waals surface area contributed by atoms with Gasteiger partial charge in [0.15, 0.2) is 0 Å². The van der Waals surface area contributed by atoms with Crippen molar-refractivity contribution in [3.63, 3.8) is 0 Å². The van der Waals surface area contributed by atoms with Gasteiger partial charge in [-0.25, -0.2) is 4.39 Å². The molecular formula is C33H42FN3O3. The number of hydrogen-bond acceptors (Lipinski definition) is 5. The molecule has 214 valence electrons. The fourth-order valence-electron chi connectivity index (χ4n) is 3.98. The van der Waals surface area contributed by atoms with Gasteiger partial charge in [-0.3, -0.25) is 4.79 Å². The molecule has 0 spiro atoms. The zero-order valence-electron chi connectivity index (χ0n) is 23.5. The highest BCUT2D eigenvalue weighted by Crippen LogP contribution is 2.34. The normalized spacial score (nSPS) is 14.3. The summed E-state index contributed by atoms with van der Waals surface area (Å²) in [5.41, 5.74) is 8.29. The van der Waals surface area contributed by atoms with Crippen LogP contribution in [0.15, 0.2) is 48.5 Å². The van der Waals surface area contributed by atoms with E-state index in [0.29, 0.717) is 43.4 Å². The van der Waals surface area contributed by atoms with E-state index < -0.39 is 6.04 Å². The molecule has 1 amide bonds. The number of halogens is 1. The van der Waals surface area contributed by atoms with Gasteiger partial charge in [-0.05, 0) is 88.2 Å². The van der Waals surface area contributed by atoms with Gasteiger partial charge in [0.25, 0.3) is 0 Å². The maximum absolute atomic E-state index is 14.0. The molecule has 3 rings (SSSR count). The van der Waals surface area contributed by atoms with E-state index in [1.807, 2.05) is 36.4 Å². The number of nitrogens with one attached hydrogen (secondary N) is 2. The molecule has 1 aliphatic rings. The van der Waals surface area contributed by atoms with E-state index in [1.165, 1.54) is 25.0 Å². The highest BCUT2D eigenvalue weighted by Gasteiger charge is 2.36. The second-order valence-electron chi connectivity index (χ2n) is 10.4. The molecular weight excluding hydrogens is 505 g/mol. The van der Waals surface area contributed by atoms with Gasteiger partial charge in [-0.1, -0.05) is 24.1 Å². The summed E-state index contributed by atoms with van der Waals surface area (Å²) in [5.74, 6) is 4.86. The summed E-state index contributed by atoms with van der Waals surface area (Å²) in [6, 6.07) is 13.7. The first-order chi connectivity index (χ1) is 19.3. The summed E-state index contributed by atoms with van der Waals surface area (Å²) in [4.78, 5) is 22.6. The van der Waals surface area contributed by atoms with Crippen LogP contribution in [0.4, 0.5) is 4.39 Å². The molecule has 0 saturated heterocycles. The first kappa shape index (κ1) is 32.6. The highest BCUT2D eigenvalue weighted by molar-refractivity contribution is 5.79. The molecule has 0 radical (unpaired) electrons. The minimum atomic E-state index is -0.621. The summed E-state index contributed by atoms with van der Waals surface area (Å²) in [6.07, 6.45) is 17.5. The Morgan fingerprint density at radius 3 is 2.55 bits per heavy atom. The van der Waals surface area contributed by atoms with Crippen LogP contribution in [-0.4, -0.2) is 43.0 Å². The van der Waals surface area contributed by atoms with Crippen LogP contribution in [-0.2, 0) is 16.0 Å². The number of benzene rings is 2. The molecule has 2 aromatic carbocycles. The summed E-state index contributed by atoms with van der Waals surface area (Å²) < 4.78 is 19.7. The van der Waals surface area contributed by atoms with Gasteiger partial charge < -0.3 is 25.9 Å². The summed E-state index contributed by atoms with van der Waals surface area (Å²) in [7, 11) is 0. The van der Waals surface area contributed by atoms with Crippen LogP contribution in [0.3, 0.4) is 0 Å². The van der Waals surface area contributed by atoms with Crippen molar-refractivity contribution >= 4 is 12.2 Å². The summed E-state index contributed by atoms with van der Waals surface area (Å²) in [6.45, 7) is 3.52. The van der Waals surface area contributed by atoms with Crippen LogP contribution >= 0.6 is 0 Å². The maximum Gasteiger partial charge on any atom is 0.220 e. The van der Waals surface area contributed by atoms with Gasteiger partial charge >= 0.3 is 0 Å². The third-order valence-corrected chi connectivity index (χ3v) is 6.60. The zero-order chi connectivity index (χ0) is 29.2. The third kappa shape index (κ3) is 13.9. The first-order valence-electron chi connectivity index (χ1n) is 13.9. The minimum Gasteiger partial charge on any atom is -0.493 e. The maximum atomic E-state index is 14.0. The van der Waals surface area contributed by atoms with Crippen LogP contribution in [0.5, 0.6) is 5.75 Å². The number of unbranched alkanes of at least 4 members (excludes halogenated alkanes) is 2. The quantitative estimate of drug-likeness (QED) is 0.163. The molecule has 0 heterocycles. The van der Waals surface area contributed by atoms with Gasteiger partial charge in [0.05, 0.1) is 12.6 Å². The predicted octanol–water partition coefficient (Wildman–Crippen LogP) is 4.54. The molecule has 0 bridgehead atoms. The van der Waals surface area contributed by atoms with Crippen LogP contribution in [0, 0.1) is 30.5 Å². The Morgan fingerprint density at radius 1 is 1.18 bits per heavy atom. The predicted molar refractivity (Wildman–Crippen MR) is 158 cm³/mol. The van der Waals surface area contributed by atoms with Crippen molar-refractivity contribution in [3.05, 3.63) is 65.5 Å². The number of rotatable bonds is 16. The molecule has 40 heavy (non-hydrogen) atoms. The Balaban J connectivity index is 0.000000598. The van der Waals surface area contributed by atoms with Crippen molar-refractivity contribution in [2.75, 3.05) is 13.2 Å². The number of aldehydes is 1. The molecule has 1 saturated carbocycles. The van der Waals surface area contributed by atoms with Crippen LogP contribution in [0.2, 0.25) is 0 Å². The van der Waals surface area contributed by atoms with E-state index in [0.717, 1.165) is 36.9 Å². The SMILES string of the molecule is C#CCC(C=O)NC(=O)CCCCCOc1cc(F)cc(C[C@H](N)CCNC2(C)CC2)c1.C#Cc1ccccc1. The highest BCUT2D eigenvalue weighted by atomic mass is 19.1. The number of hydrogen-bond donors (Lipinski definition) is 3. The Morgan fingerprint density at radius 2 is 1.93 bits per heavy atom.